The lowest BCUT2D eigenvalue weighted by molar-refractivity contribution is 0.346. The molecule has 26 heavy (non-hydrogen) atoms. The Morgan fingerprint density at radius 3 is 2.77 bits per heavy atom. The van der Waals surface area contributed by atoms with E-state index in [2.05, 4.69) is 44.0 Å². The van der Waals surface area contributed by atoms with Gasteiger partial charge in [0.25, 0.3) is 0 Å². The quantitative estimate of drug-likeness (QED) is 0.757. The number of hydrogen-bond acceptors (Lipinski definition) is 6. The lowest BCUT2D eigenvalue weighted by Crippen LogP contribution is -2.17. The Kier molecular flexibility index (Phi) is 4.57. The smallest absolute Gasteiger partial charge is 0.163 e. The SMILES string of the molecule is CC(C)c1nc(NCc2nncn2C2CCCCC2)c2cnn(C)c2n1. The maximum absolute atomic E-state index is 4.72. The first kappa shape index (κ1) is 16.9. The van der Waals surface area contributed by atoms with Crippen molar-refractivity contribution >= 4 is 16.9 Å². The highest BCUT2D eigenvalue weighted by atomic mass is 15.3. The molecule has 0 bridgehead atoms. The molecular weight excluding hydrogens is 328 g/mol. The van der Waals surface area contributed by atoms with Crippen molar-refractivity contribution in [1.82, 2.24) is 34.5 Å². The van der Waals surface area contributed by atoms with Crippen LogP contribution < -0.4 is 5.32 Å². The molecule has 3 heterocycles. The minimum Gasteiger partial charge on any atom is -0.362 e. The fourth-order valence-corrected chi connectivity index (χ4v) is 3.65. The predicted molar refractivity (Wildman–Crippen MR) is 99.9 cm³/mol. The van der Waals surface area contributed by atoms with Crippen LogP contribution in [0, 0.1) is 0 Å². The number of rotatable bonds is 5. The molecule has 0 atom stereocenters. The van der Waals surface area contributed by atoms with E-state index in [1.54, 1.807) is 4.68 Å². The summed E-state index contributed by atoms with van der Waals surface area (Å²) in [6, 6.07) is 0.519. The number of nitrogens with zero attached hydrogens (tertiary/aromatic N) is 7. The van der Waals surface area contributed by atoms with E-state index in [0.29, 0.717) is 12.6 Å². The summed E-state index contributed by atoms with van der Waals surface area (Å²) in [6.07, 6.45) is 10.0. The number of fused-ring (bicyclic) bond motifs is 1. The molecule has 138 valence electrons. The molecule has 1 N–H and O–H groups in total. The van der Waals surface area contributed by atoms with Crippen LogP contribution in [0.25, 0.3) is 11.0 Å². The van der Waals surface area contributed by atoms with Gasteiger partial charge in [0.1, 0.15) is 18.0 Å². The van der Waals surface area contributed by atoms with E-state index in [9.17, 15) is 0 Å². The van der Waals surface area contributed by atoms with E-state index < -0.39 is 0 Å². The van der Waals surface area contributed by atoms with E-state index in [-0.39, 0.29) is 5.92 Å². The second-order valence-corrected chi connectivity index (χ2v) is 7.39. The number of aryl methyl sites for hydroxylation is 1. The third kappa shape index (κ3) is 3.15. The van der Waals surface area contributed by atoms with E-state index >= 15 is 0 Å². The Hall–Kier alpha value is -2.51. The molecule has 0 spiro atoms. The Morgan fingerprint density at radius 1 is 1.19 bits per heavy atom. The van der Waals surface area contributed by atoms with Crippen molar-refractivity contribution in [2.45, 2.75) is 64.5 Å². The average Bonchev–Trinajstić information content (AvgIpc) is 3.27. The first-order valence-electron chi connectivity index (χ1n) is 9.45. The molecule has 3 aromatic heterocycles. The second-order valence-electron chi connectivity index (χ2n) is 7.39. The minimum atomic E-state index is 0.251. The molecule has 0 radical (unpaired) electrons. The Balaban J connectivity index is 1.60. The summed E-state index contributed by atoms with van der Waals surface area (Å²) >= 11 is 0. The zero-order valence-corrected chi connectivity index (χ0v) is 15.7. The third-order valence-corrected chi connectivity index (χ3v) is 5.16. The maximum Gasteiger partial charge on any atom is 0.163 e. The highest BCUT2D eigenvalue weighted by Gasteiger charge is 2.19. The molecule has 0 saturated heterocycles. The number of aromatic nitrogens is 7. The Bertz CT molecular complexity index is 888. The van der Waals surface area contributed by atoms with Gasteiger partial charge in [0.15, 0.2) is 11.5 Å². The maximum atomic E-state index is 4.72. The van der Waals surface area contributed by atoms with Gasteiger partial charge in [-0.1, -0.05) is 33.1 Å². The molecule has 0 aromatic carbocycles. The van der Waals surface area contributed by atoms with Crippen LogP contribution in [0.5, 0.6) is 0 Å². The molecule has 1 fully saturated rings. The summed E-state index contributed by atoms with van der Waals surface area (Å²) in [4.78, 5) is 9.37. The Morgan fingerprint density at radius 2 is 2.00 bits per heavy atom. The van der Waals surface area contributed by atoms with Gasteiger partial charge in [0.2, 0.25) is 0 Å². The molecule has 8 heteroatoms. The topological polar surface area (TPSA) is 86.3 Å². The first-order valence-corrected chi connectivity index (χ1v) is 9.45. The number of anilines is 1. The van der Waals surface area contributed by atoms with Crippen molar-refractivity contribution in [1.29, 1.82) is 0 Å². The van der Waals surface area contributed by atoms with Crippen LogP contribution in [-0.2, 0) is 13.6 Å². The second kappa shape index (κ2) is 7.01. The van der Waals surface area contributed by atoms with Gasteiger partial charge in [0, 0.05) is 19.0 Å². The summed E-state index contributed by atoms with van der Waals surface area (Å²) < 4.78 is 4.02. The largest absolute Gasteiger partial charge is 0.362 e. The number of hydrogen-bond donors (Lipinski definition) is 1. The van der Waals surface area contributed by atoms with E-state index in [0.717, 1.165) is 28.5 Å². The summed E-state index contributed by atoms with van der Waals surface area (Å²) in [5.41, 5.74) is 0.847. The van der Waals surface area contributed by atoms with Gasteiger partial charge in [-0.05, 0) is 12.8 Å². The zero-order chi connectivity index (χ0) is 18.1. The molecular formula is C18H26N8. The van der Waals surface area contributed by atoms with Gasteiger partial charge in [-0.2, -0.15) is 5.10 Å². The van der Waals surface area contributed by atoms with Gasteiger partial charge in [-0.15, -0.1) is 10.2 Å². The fraction of sp³-hybridized carbons (Fsp3) is 0.611. The molecule has 8 nitrogen and oxygen atoms in total. The normalized spacial score (nSPS) is 15.8. The molecule has 3 aromatic rings. The van der Waals surface area contributed by atoms with Crippen molar-refractivity contribution in [3.05, 3.63) is 24.2 Å². The van der Waals surface area contributed by atoms with Crippen LogP contribution in [0.4, 0.5) is 5.82 Å². The van der Waals surface area contributed by atoms with Gasteiger partial charge in [0.05, 0.1) is 18.1 Å². The highest BCUT2D eigenvalue weighted by molar-refractivity contribution is 5.86. The van der Waals surface area contributed by atoms with Crippen molar-refractivity contribution in [3.8, 4) is 0 Å². The average molecular weight is 354 g/mol. The van der Waals surface area contributed by atoms with E-state index in [1.807, 2.05) is 19.6 Å². The molecule has 1 aliphatic rings. The third-order valence-electron chi connectivity index (χ3n) is 5.16. The monoisotopic (exact) mass is 354 g/mol. The summed E-state index contributed by atoms with van der Waals surface area (Å²) in [7, 11) is 1.91. The fourth-order valence-electron chi connectivity index (χ4n) is 3.65. The van der Waals surface area contributed by atoms with Gasteiger partial charge >= 0.3 is 0 Å². The van der Waals surface area contributed by atoms with Crippen molar-refractivity contribution < 1.29 is 0 Å². The molecule has 0 amide bonds. The molecule has 0 unspecified atom stereocenters. The van der Waals surface area contributed by atoms with Crippen LogP contribution in [-0.4, -0.2) is 34.5 Å². The minimum absolute atomic E-state index is 0.251. The van der Waals surface area contributed by atoms with Crippen LogP contribution in [0.3, 0.4) is 0 Å². The molecule has 0 aliphatic heterocycles. The Labute approximate surface area is 153 Å². The van der Waals surface area contributed by atoms with Crippen molar-refractivity contribution in [3.63, 3.8) is 0 Å². The lowest BCUT2D eigenvalue weighted by atomic mass is 9.95. The summed E-state index contributed by atoms with van der Waals surface area (Å²) in [5.74, 6) is 2.83. The van der Waals surface area contributed by atoms with Crippen LogP contribution in [0.1, 0.15) is 69.6 Å². The lowest BCUT2D eigenvalue weighted by Gasteiger charge is -2.24. The highest BCUT2D eigenvalue weighted by Crippen LogP contribution is 2.29. The van der Waals surface area contributed by atoms with Crippen molar-refractivity contribution in [2.75, 3.05) is 5.32 Å². The zero-order valence-electron chi connectivity index (χ0n) is 15.7. The van der Waals surface area contributed by atoms with Gasteiger partial charge in [-0.25, -0.2) is 9.97 Å². The van der Waals surface area contributed by atoms with Crippen molar-refractivity contribution in [2.24, 2.45) is 7.05 Å². The predicted octanol–water partition coefficient (Wildman–Crippen LogP) is 3.20. The van der Waals surface area contributed by atoms with Gasteiger partial charge < -0.3 is 9.88 Å². The summed E-state index contributed by atoms with van der Waals surface area (Å²) in [6.45, 7) is 4.79. The van der Waals surface area contributed by atoms with E-state index in [1.165, 1.54) is 32.1 Å². The molecule has 1 aliphatic carbocycles. The number of nitrogens with one attached hydrogen (secondary N) is 1. The summed E-state index contributed by atoms with van der Waals surface area (Å²) in [5, 5.41) is 17.2. The molecule has 4 rings (SSSR count). The first-order chi connectivity index (χ1) is 12.6. The molecule has 1 saturated carbocycles. The van der Waals surface area contributed by atoms with E-state index in [4.69, 9.17) is 4.98 Å². The van der Waals surface area contributed by atoms with Crippen LogP contribution in [0.15, 0.2) is 12.5 Å². The standard InChI is InChI=1S/C18H26N8/c1-12(2)16-22-17(14-9-21-25(3)18(14)23-16)19-10-15-24-20-11-26(15)13-7-5-4-6-8-13/h9,11-13H,4-8,10H2,1-3H3,(H,19,22,23). The van der Waals surface area contributed by atoms with Crippen LogP contribution >= 0.6 is 0 Å². The van der Waals surface area contributed by atoms with Gasteiger partial charge in [-0.3, -0.25) is 4.68 Å². The van der Waals surface area contributed by atoms with Crippen LogP contribution in [0.2, 0.25) is 0 Å².